The van der Waals surface area contributed by atoms with Gasteiger partial charge in [-0.15, -0.1) is 6.42 Å². The van der Waals surface area contributed by atoms with Crippen LogP contribution in [0.4, 0.5) is 10.1 Å². The van der Waals surface area contributed by atoms with Crippen LogP contribution in [-0.2, 0) is 16.0 Å². The molecule has 5 heteroatoms. The SMILES string of the molecule is C#CCOC1C(OC)c2cc(NCc3cccc(F)c3)ccc2OC1(C)C. The number of hydrogen-bond donors (Lipinski definition) is 1. The fourth-order valence-corrected chi connectivity index (χ4v) is 3.37. The van der Waals surface area contributed by atoms with Crippen LogP contribution in [0, 0.1) is 18.2 Å². The maximum Gasteiger partial charge on any atom is 0.132 e. The zero-order valence-electron chi connectivity index (χ0n) is 15.8. The van der Waals surface area contributed by atoms with Crippen molar-refractivity contribution >= 4 is 5.69 Å². The highest BCUT2D eigenvalue weighted by Gasteiger charge is 2.45. The fraction of sp³-hybridized carbons (Fsp3) is 0.364. The lowest BCUT2D eigenvalue weighted by Gasteiger charge is -2.43. The van der Waals surface area contributed by atoms with Crippen LogP contribution >= 0.6 is 0 Å². The molecule has 142 valence electrons. The normalized spacial score (nSPS) is 20.3. The average Bonchev–Trinajstić information content (AvgIpc) is 2.64. The van der Waals surface area contributed by atoms with E-state index in [1.54, 1.807) is 13.2 Å². The van der Waals surface area contributed by atoms with Gasteiger partial charge in [-0.3, -0.25) is 0 Å². The van der Waals surface area contributed by atoms with Gasteiger partial charge in [0.25, 0.3) is 0 Å². The standard InChI is InChI=1S/C22H24FNO3/c1-5-11-26-21-20(25-4)18-13-17(9-10-19(18)27-22(21,2)3)24-14-15-7-6-8-16(23)12-15/h1,6-10,12-13,20-21,24H,11,14H2,2-4H3. The van der Waals surface area contributed by atoms with Gasteiger partial charge < -0.3 is 19.5 Å². The first kappa shape index (κ1) is 19.2. The molecule has 27 heavy (non-hydrogen) atoms. The lowest BCUT2D eigenvalue weighted by Crippen LogP contribution is -2.50. The highest BCUT2D eigenvalue weighted by atomic mass is 19.1. The summed E-state index contributed by atoms with van der Waals surface area (Å²) in [7, 11) is 1.65. The molecule has 0 amide bonds. The number of ether oxygens (including phenoxy) is 3. The van der Waals surface area contributed by atoms with E-state index in [2.05, 4.69) is 11.2 Å². The summed E-state index contributed by atoms with van der Waals surface area (Å²) in [5.41, 5.74) is 2.06. The van der Waals surface area contributed by atoms with Crippen molar-refractivity contribution in [3.63, 3.8) is 0 Å². The molecule has 0 radical (unpaired) electrons. The number of benzene rings is 2. The van der Waals surface area contributed by atoms with Gasteiger partial charge in [0, 0.05) is 24.9 Å². The monoisotopic (exact) mass is 369 g/mol. The second kappa shape index (κ2) is 7.99. The largest absolute Gasteiger partial charge is 0.485 e. The molecule has 1 heterocycles. The Balaban J connectivity index is 1.83. The summed E-state index contributed by atoms with van der Waals surface area (Å²) in [5.74, 6) is 3.01. The van der Waals surface area contributed by atoms with Crippen molar-refractivity contribution in [2.45, 2.75) is 38.2 Å². The van der Waals surface area contributed by atoms with Gasteiger partial charge in [-0.1, -0.05) is 18.1 Å². The summed E-state index contributed by atoms with van der Waals surface area (Å²) < 4.78 is 31.1. The zero-order valence-corrected chi connectivity index (χ0v) is 15.8. The Morgan fingerprint density at radius 2 is 2.07 bits per heavy atom. The number of hydrogen-bond acceptors (Lipinski definition) is 4. The number of rotatable bonds is 6. The molecule has 0 aliphatic carbocycles. The lowest BCUT2D eigenvalue weighted by atomic mass is 9.88. The van der Waals surface area contributed by atoms with Gasteiger partial charge in [-0.2, -0.15) is 0 Å². The Labute approximate surface area is 159 Å². The van der Waals surface area contributed by atoms with E-state index in [-0.39, 0.29) is 24.6 Å². The van der Waals surface area contributed by atoms with Crippen LogP contribution in [0.3, 0.4) is 0 Å². The molecule has 0 bridgehead atoms. The molecule has 1 aliphatic heterocycles. The predicted octanol–water partition coefficient (Wildman–Crippen LogP) is 4.31. The molecule has 0 aromatic heterocycles. The van der Waals surface area contributed by atoms with Gasteiger partial charge in [-0.25, -0.2) is 4.39 Å². The Bertz CT molecular complexity index is 844. The minimum atomic E-state index is -0.582. The molecule has 2 aromatic carbocycles. The van der Waals surface area contributed by atoms with Crippen LogP contribution < -0.4 is 10.1 Å². The molecular formula is C22H24FNO3. The Morgan fingerprint density at radius 1 is 1.26 bits per heavy atom. The van der Waals surface area contributed by atoms with Gasteiger partial charge in [0.2, 0.25) is 0 Å². The van der Waals surface area contributed by atoms with E-state index in [0.717, 1.165) is 22.6 Å². The second-order valence-corrected chi connectivity index (χ2v) is 7.03. The van der Waals surface area contributed by atoms with E-state index in [0.29, 0.717) is 6.54 Å². The molecule has 1 N–H and O–H groups in total. The van der Waals surface area contributed by atoms with Crippen LogP contribution in [0.15, 0.2) is 42.5 Å². The van der Waals surface area contributed by atoms with E-state index in [1.165, 1.54) is 12.1 Å². The van der Waals surface area contributed by atoms with E-state index in [4.69, 9.17) is 20.6 Å². The highest BCUT2D eigenvalue weighted by Crippen LogP contribution is 2.44. The quantitative estimate of drug-likeness (QED) is 0.770. The maximum absolute atomic E-state index is 13.3. The third kappa shape index (κ3) is 4.24. The van der Waals surface area contributed by atoms with Crippen LogP contribution in [0.1, 0.15) is 31.1 Å². The molecule has 0 spiro atoms. The summed E-state index contributed by atoms with van der Waals surface area (Å²) in [5, 5.41) is 3.31. The Morgan fingerprint density at radius 3 is 2.78 bits per heavy atom. The van der Waals surface area contributed by atoms with E-state index < -0.39 is 5.60 Å². The lowest BCUT2D eigenvalue weighted by molar-refractivity contribution is -0.147. The number of halogens is 1. The number of nitrogens with one attached hydrogen (secondary N) is 1. The van der Waals surface area contributed by atoms with Crippen LogP contribution in [0.25, 0.3) is 0 Å². The van der Waals surface area contributed by atoms with Crippen LogP contribution in [0.5, 0.6) is 5.75 Å². The molecule has 2 unspecified atom stereocenters. The first-order valence-electron chi connectivity index (χ1n) is 8.83. The van der Waals surface area contributed by atoms with Crippen LogP contribution in [0.2, 0.25) is 0 Å². The molecule has 2 aromatic rings. The van der Waals surface area contributed by atoms with Crippen molar-refractivity contribution in [1.29, 1.82) is 0 Å². The van der Waals surface area contributed by atoms with E-state index in [1.807, 2.05) is 38.1 Å². The number of terminal acetylenes is 1. The summed E-state index contributed by atoms with van der Waals surface area (Å²) >= 11 is 0. The van der Waals surface area contributed by atoms with Gasteiger partial charge in [0.1, 0.15) is 36.0 Å². The molecule has 0 fully saturated rings. The highest BCUT2D eigenvalue weighted by molar-refractivity contribution is 5.53. The number of fused-ring (bicyclic) bond motifs is 1. The summed E-state index contributed by atoms with van der Waals surface area (Å²) in [6.07, 6.45) is 4.70. The third-order valence-corrected chi connectivity index (χ3v) is 4.64. The van der Waals surface area contributed by atoms with Crippen molar-refractivity contribution in [3.05, 3.63) is 59.4 Å². The first-order chi connectivity index (χ1) is 12.9. The third-order valence-electron chi connectivity index (χ3n) is 4.64. The van der Waals surface area contributed by atoms with Gasteiger partial charge in [0.05, 0.1) is 0 Å². The molecule has 3 rings (SSSR count). The van der Waals surface area contributed by atoms with Crippen molar-refractivity contribution in [3.8, 4) is 18.1 Å². The van der Waals surface area contributed by atoms with Gasteiger partial charge >= 0.3 is 0 Å². The summed E-state index contributed by atoms with van der Waals surface area (Å²) in [4.78, 5) is 0. The molecular weight excluding hydrogens is 345 g/mol. The van der Waals surface area contributed by atoms with Gasteiger partial charge in [0.15, 0.2) is 0 Å². The summed E-state index contributed by atoms with van der Waals surface area (Å²) in [6.45, 7) is 4.61. The van der Waals surface area contributed by atoms with Crippen molar-refractivity contribution in [1.82, 2.24) is 0 Å². The minimum Gasteiger partial charge on any atom is -0.485 e. The van der Waals surface area contributed by atoms with Crippen molar-refractivity contribution < 1.29 is 18.6 Å². The topological polar surface area (TPSA) is 39.7 Å². The Kier molecular flexibility index (Phi) is 5.69. The molecule has 0 saturated heterocycles. The molecule has 0 saturated carbocycles. The first-order valence-corrected chi connectivity index (χ1v) is 8.83. The summed E-state index contributed by atoms with van der Waals surface area (Å²) in [6, 6.07) is 12.3. The predicted molar refractivity (Wildman–Crippen MR) is 103 cm³/mol. The molecule has 1 aliphatic rings. The van der Waals surface area contributed by atoms with Crippen molar-refractivity contribution in [2.75, 3.05) is 19.0 Å². The molecule has 4 nitrogen and oxygen atoms in total. The van der Waals surface area contributed by atoms with E-state index >= 15 is 0 Å². The number of methoxy groups -OCH3 is 1. The zero-order chi connectivity index (χ0) is 19.4. The smallest absolute Gasteiger partial charge is 0.132 e. The second-order valence-electron chi connectivity index (χ2n) is 7.03. The van der Waals surface area contributed by atoms with Gasteiger partial charge in [-0.05, 0) is 49.7 Å². The van der Waals surface area contributed by atoms with Crippen molar-refractivity contribution in [2.24, 2.45) is 0 Å². The van der Waals surface area contributed by atoms with Crippen LogP contribution in [-0.4, -0.2) is 25.4 Å². The number of anilines is 1. The van der Waals surface area contributed by atoms with E-state index in [9.17, 15) is 4.39 Å². The molecule has 2 atom stereocenters. The Hall–Kier alpha value is -2.55. The average molecular weight is 369 g/mol. The maximum atomic E-state index is 13.3. The minimum absolute atomic E-state index is 0.185. The fourth-order valence-electron chi connectivity index (χ4n) is 3.37.